The highest BCUT2D eigenvalue weighted by molar-refractivity contribution is 8.18. The monoisotopic (exact) mass is 436 g/mol. The molecule has 2 aliphatic heterocycles. The van der Waals surface area contributed by atoms with Gasteiger partial charge in [-0.1, -0.05) is 65.4 Å². The average Bonchev–Trinajstić information content (AvgIpc) is 2.66. The molecule has 0 radical (unpaired) electrons. The molecule has 1 aromatic carbocycles. The fourth-order valence-electron chi connectivity index (χ4n) is 3.44. The van der Waals surface area contributed by atoms with Crippen LogP contribution in [0.5, 0.6) is 0 Å². The van der Waals surface area contributed by atoms with E-state index < -0.39 is 0 Å². The van der Waals surface area contributed by atoms with Gasteiger partial charge in [-0.25, -0.2) is 9.98 Å². The Morgan fingerprint density at radius 1 is 1.23 bits per heavy atom. The summed E-state index contributed by atoms with van der Waals surface area (Å²) >= 11 is 3.55. The first kappa shape index (κ1) is 22.9. The first-order valence-corrected chi connectivity index (χ1v) is 12.3. The third-order valence-electron chi connectivity index (χ3n) is 5.31. The predicted octanol–water partition coefficient (Wildman–Crippen LogP) is 8.67. The van der Waals surface area contributed by atoms with Crippen molar-refractivity contribution < 1.29 is 0 Å². The van der Waals surface area contributed by atoms with Crippen molar-refractivity contribution in [2.24, 2.45) is 15.9 Å². The standard InChI is InChI=1S/C26H32N2S2/c1-17(2)24-15-20(5)22(16-29-25-14-18(3)9-7-8-12-27-25)26(30-24)28-23-11-10-19(4)13-21(23)6/h8,10-14,16,20H,7,9,15H2,1-6H3/b12-8-,18-14-,22-16+,27-25+,28-26-. The maximum absolute atomic E-state index is 5.13. The van der Waals surface area contributed by atoms with Crippen LogP contribution in [0, 0.1) is 19.8 Å². The van der Waals surface area contributed by atoms with Crippen LogP contribution in [0.15, 0.2) is 73.6 Å². The zero-order chi connectivity index (χ0) is 21.7. The third kappa shape index (κ3) is 6.12. The van der Waals surface area contributed by atoms with E-state index in [4.69, 9.17) is 4.99 Å². The highest BCUT2D eigenvalue weighted by atomic mass is 32.2. The van der Waals surface area contributed by atoms with E-state index in [-0.39, 0.29) is 0 Å². The second-order valence-electron chi connectivity index (χ2n) is 8.41. The minimum Gasteiger partial charge on any atom is -0.250 e. The summed E-state index contributed by atoms with van der Waals surface area (Å²) in [5, 5.41) is 4.44. The second-order valence-corrected chi connectivity index (χ2v) is 10.4. The smallest absolute Gasteiger partial charge is 0.105 e. The molecule has 0 spiro atoms. The van der Waals surface area contributed by atoms with Crippen LogP contribution in [-0.2, 0) is 0 Å². The van der Waals surface area contributed by atoms with Crippen molar-refractivity contribution in [3.05, 3.63) is 74.7 Å². The predicted molar refractivity (Wildman–Crippen MR) is 138 cm³/mol. The molecular formula is C26H32N2S2. The molecule has 0 aromatic heterocycles. The van der Waals surface area contributed by atoms with Gasteiger partial charge in [-0.15, -0.1) is 0 Å². The first-order valence-electron chi connectivity index (χ1n) is 10.6. The van der Waals surface area contributed by atoms with Crippen molar-refractivity contribution in [1.29, 1.82) is 0 Å². The van der Waals surface area contributed by atoms with Gasteiger partial charge >= 0.3 is 0 Å². The summed E-state index contributed by atoms with van der Waals surface area (Å²) in [4.78, 5) is 11.2. The number of rotatable bonds is 2. The molecule has 1 unspecified atom stereocenters. The Morgan fingerprint density at radius 2 is 2.03 bits per heavy atom. The summed E-state index contributed by atoms with van der Waals surface area (Å²) in [5.41, 5.74) is 7.64. The van der Waals surface area contributed by atoms with Gasteiger partial charge in [-0.2, -0.15) is 0 Å². The number of aliphatic imine (C=N–C) groups is 2. The van der Waals surface area contributed by atoms with E-state index >= 15 is 0 Å². The van der Waals surface area contributed by atoms with Crippen LogP contribution in [0.1, 0.15) is 58.1 Å². The molecule has 0 saturated carbocycles. The molecule has 1 atom stereocenters. The Kier molecular flexibility index (Phi) is 8.01. The molecule has 1 aromatic rings. The Labute approximate surface area is 190 Å². The molecule has 30 heavy (non-hydrogen) atoms. The SMILES string of the molecule is CC(C)=C1CC(C)C(=C\SC2=N/C=C\CC/C(C)=C\2)/C(=N/c2ccc(C)cc2C)S1. The van der Waals surface area contributed by atoms with E-state index in [1.807, 2.05) is 18.0 Å². The summed E-state index contributed by atoms with van der Waals surface area (Å²) in [5.74, 6) is 0.433. The van der Waals surface area contributed by atoms with Crippen LogP contribution in [0.25, 0.3) is 0 Å². The highest BCUT2D eigenvalue weighted by Crippen LogP contribution is 2.42. The van der Waals surface area contributed by atoms with E-state index in [1.54, 1.807) is 11.8 Å². The van der Waals surface area contributed by atoms with Gasteiger partial charge in [0.2, 0.25) is 0 Å². The molecule has 4 heteroatoms. The molecule has 3 rings (SSSR count). The number of thioether (sulfide) groups is 2. The average molecular weight is 437 g/mol. The number of allylic oxidation sites excluding steroid dienone is 4. The zero-order valence-electron chi connectivity index (χ0n) is 19.0. The van der Waals surface area contributed by atoms with Gasteiger partial charge in [0.1, 0.15) is 10.1 Å². The largest absolute Gasteiger partial charge is 0.250 e. The van der Waals surface area contributed by atoms with Gasteiger partial charge in [-0.05, 0) is 93.4 Å². The van der Waals surface area contributed by atoms with E-state index in [0.29, 0.717) is 5.92 Å². The number of hydrogen-bond acceptors (Lipinski definition) is 4. The van der Waals surface area contributed by atoms with Crippen LogP contribution in [0.4, 0.5) is 5.69 Å². The normalized spacial score (nSPS) is 27.1. The number of nitrogens with zero attached hydrogens (tertiary/aromatic N) is 2. The molecule has 0 N–H and O–H groups in total. The lowest BCUT2D eigenvalue weighted by Gasteiger charge is -2.26. The minimum absolute atomic E-state index is 0.433. The lowest BCUT2D eigenvalue weighted by atomic mass is 9.97. The molecule has 0 amide bonds. The molecule has 1 saturated heterocycles. The molecule has 2 nitrogen and oxygen atoms in total. The maximum Gasteiger partial charge on any atom is 0.105 e. The summed E-state index contributed by atoms with van der Waals surface area (Å²) in [6, 6.07) is 6.49. The Bertz CT molecular complexity index is 986. The molecule has 2 aliphatic rings. The van der Waals surface area contributed by atoms with Crippen molar-refractivity contribution in [1.82, 2.24) is 0 Å². The Morgan fingerprint density at radius 3 is 2.77 bits per heavy atom. The first-order chi connectivity index (χ1) is 14.3. The molecule has 158 valence electrons. The lowest BCUT2D eigenvalue weighted by Crippen LogP contribution is -2.15. The number of hydrogen-bond donors (Lipinski definition) is 0. The topological polar surface area (TPSA) is 24.7 Å². The van der Waals surface area contributed by atoms with E-state index in [9.17, 15) is 0 Å². The fraction of sp³-hybridized carbons (Fsp3) is 0.385. The summed E-state index contributed by atoms with van der Waals surface area (Å²) < 4.78 is 0. The highest BCUT2D eigenvalue weighted by Gasteiger charge is 2.26. The molecule has 2 heterocycles. The van der Waals surface area contributed by atoms with Crippen LogP contribution >= 0.6 is 23.5 Å². The van der Waals surface area contributed by atoms with Crippen molar-refractivity contribution in [3.63, 3.8) is 0 Å². The van der Waals surface area contributed by atoms with Crippen molar-refractivity contribution in [2.45, 2.75) is 60.8 Å². The quantitative estimate of drug-likeness (QED) is 0.463. The lowest BCUT2D eigenvalue weighted by molar-refractivity contribution is 0.710. The summed E-state index contributed by atoms with van der Waals surface area (Å²) in [6.07, 6.45) is 9.55. The number of benzene rings is 1. The van der Waals surface area contributed by atoms with Gasteiger partial charge in [0, 0.05) is 6.20 Å². The molecule has 1 fully saturated rings. The second kappa shape index (κ2) is 10.5. The minimum atomic E-state index is 0.433. The van der Waals surface area contributed by atoms with Gasteiger partial charge in [0.15, 0.2) is 0 Å². The van der Waals surface area contributed by atoms with Crippen molar-refractivity contribution >= 4 is 39.3 Å². The summed E-state index contributed by atoms with van der Waals surface area (Å²) in [7, 11) is 0. The van der Waals surface area contributed by atoms with Crippen LogP contribution < -0.4 is 0 Å². The zero-order valence-corrected chi connectivity index (χ0v) is 20.6. The van der Waals surface area contributed by atoms with Crippen molar-refractivity contribution in [3.8, 4) is 0 Å². The van der Waals surface area contributed by atoms with Crippen LogP contribution in [0.2, 0.25) is 0 Å². The third-order valence-corrected chi connectivity index (χ3v) is 7.49. The van der Waals surface area contributed by atoms with Crippen molar-refractivity contribution in [2.75, 3.05) is 0 Å². The molecule has 0 bridgehead atoms. The summed E-state index contributed by atoms with van der Waals surface area (Å²) in [6.45, 7) is 13.2. The number of aryl methyl sites for hydroxylation is 2. The van der Waals surface area contributed by atoms with Gasteiger partial charge in [0.05, 0.1) is 5.69 Å². The molecular weight excluding hydrogens is 404 g/mol. The Balaban J connectivity index is 1.98. The van der Waals surface area contributed by atoms with E-state index in [2.05, 4.69) is 82.3 Å². The van der Waals surface area contributed by atoms with Gasteiger partial charge in [0.25, 0.3) is 0 Å². The van der Waals surface area contributed by atoms with Gasteiger partial charge in [-0.3, -0.25) is 0 Å². The Hall–Kier alpha value is -1.78. The van der Waals surface area contributed by atoms with Crippen LogP contribution in [0.3, 0.4) is 0 Å². The van der Waals surface area contributed by atoms with E-state index in [1.165, 1.54) is 32.8 Å². The maximum atomic E-state index is 5.13. The fourth-order valence-corrected chi connectivity index (χ4v) is 5.79. The molecule has 0 aliphatic carbocycles. The van der Waals surface area contributed by atoms with E-state index in [0.717, 1.165) is 35.0 Å². The van der Waals surface area contributed by atoms with Gasteiger partial charge < -0.3 is 0 Å². The van der Waals surface area contributed by atoms with Crippen LogP contribution in [-0.4, -0.2) is 10.1 Å².